The Balaban J connectivity index is 1.87. The molecule has 14 heavy (non-hydrogen) atoms. The van der Waals surface area contributed by atoms with Crippen molar-refractivity contribution in [1.29, 1.82) is 0 Å². The molecular weight excluding hydrogens is 242 g/mol. The fourth-order valence-corrected chi connectivity index (χ4v) is 1.89. The first-order valence-corrected chi connectivity index (χ1v) is 5.73. The molecule has 0 spiro atoms. The Kier molecular flexibility index (Phi) is 2.96. The van der Waals surface area contributed by atoms with Crippen molar-refractivity contribution in [1.82, 2.24) is 0 Å². The van der Waals surface area contributed by atoms with Crippen LogP contribution >= 0.6 is 15.9 Å². The van der Waals surface area contributed by atoms with Crippen LogP contribution in [0.2, 0.25) is 0 Å². The molecule has 2 N–H and O–H groups in total. The molecule has 0 atom stereocenters. The summed E-state index contributed by atoms with van der Waals surface area (Å²) < 4.78 is 6.58. The first kappa shape index (κ1) is 9.84. The van der Waals surface area contributed by atoms with Gasteiger partial charge in [-0.2, -0.15) is 0 Å². The molecule has 0 heterocycles. The van der Waals surface area contributed by atoms with E-state index >= 15 is 0 Å². The van der Waals surface area contributed by atoms with Gasteiger partial charge in [0.1, 0.15) is 5.75 Å². The molecule has 0 unspecified atom stereocenters. The van der Waals surface area contributed by atoms with Crippen LogP contribution in [0.1, 0.15) is 19.3 Å². The number of benzene rings is 1. The van der Waals surface area contributed by atoms with Gasteiger partial charge in [-0.25, -0.2) is 0 Å². The first-order chi connectivity index (χ1) is 6.75. The summed E-state index contributed by atoms with van der Waals surface area (Å²) in [4.78, 5) is 0. The number of ether oxygens (including phenoxy) is 1. The van der Waals surface area contributed by atoms with Gasteiger partial charge in [0.2, 0.25) is 0 Å². The highest BCUT2D eigenvalue weighted by molar-refractivity contribution is 9.10. The van der Waals surface area contributed by atoms with Crippen LogP contribution in [-0.4, -0.2) is 6.61 Å². The van der Waals surface area contributed by atoms with Crippen LogP contribution in [0.15, 0.2) is 22.7 Å². The average Bonchev–Trinajstić information content (AvgIpc) is 2.92. The van der Waals surface area contributed by atoms with E-state index in [0.717, 1.165) is 28.4 Å². The van der Waals surface area contributed by atoms with E-state index in [-0.39, 0.29) is 0 Å². The molecule has 0 amide bonds. The fourth-order valence-electron chi connectivity index (χ4n) is 1.38. The maximum atomic E-state index is 5.64. The second kappa shape index (κ2) is 4.22. The number of rotatable bonds is 4. The largest absolute Gasteiger partial charge is 0.492 e. The highest BCUT2D eigenvalue weighted by atomic mass is 79.9. The van der Waals surface area contributed by atoms with Crippen LogP contribution in [0.3, 0.4) is 0 Å². The van der Waals surface area contributed by atoms with E-state index in [0.29, 0.717) is 0 Å². The Labute approximate surface area is 92.6 Å². The van der Waals surface area contributed by atoms with Crippen LogP contribution in [0.4, 0.5) is 5.69 Å². The number of anilines is 1. The van der Waals surface area contributed by atoms with Gasteiger partial charge >= 0.3 is 0 Å². The predicted molar refractivity (Wildman–Crippen MR) is 61.4 cm³/mol. The quantitative estimate of drug-likeness (QED) is 0.839. The Bertz CT molecular complexity index is 323. The summed E-state index contributed by atoms with van der Waals surface area (Å²) in [6.07, 6.45) is 3.94. The van der Waals surface area contributed by atoms with Crippen molar-refractivity contribution < 1.29 is 4.74 Å². The molecule has 0 aromatic heterocycles. The highest BCUT2D eigenvalue weighted by Crippen LogP contribution is 2.33. The van der Waals surface area contributed by atoms with Gasteiger partial charge < -0.3 is 10.5 Å². The summed E-state index contributed by atoms with van der Waals surface area (Å²) >= 11 is 3.42. The van der Waals surface area contributed by atoms with Gasteiger partial charge in [-0.15, -0.1) is 0 Å². The van der Waals surface area contributed by atoms with Crippen LogP contribution in [0.25, 0.3) is 0 Å². The van der Waals surface area contributed by atoms with Crippen molar-refractivity contribution in [3.8, 4) is 5.75 Å². The summed E-state index contributed by atoms with van der Waals surface area (Å²) in [6, 6.07) is 5.63. The summed E-state index contributed by atoms with van der Waals surface area (Å²) in [5.41, 5.74) is 6.38. The minimum absolute atomic E-state index is 0.756. The van der Waals surface area contributed by atoms with E-state index in [1.54, 1.807) is 0 Å². The Hall–Kier alpha value is -0.700. The molecule has 0 saturated heterocycles. The number of hydrogen-bond donors (Lipinski definition) is 1. The molecule has 1 saturated carbocycles. The number of nitrogens with two attached hydrogens (primary N) is 1. The Morgan fingerprint density at radius 3 is 2.86 bits per heavy atom. The average molecular weight is 256 g/mol. The minimum atomic E-state index is 0.756. The van der Waals surface area contributed by atoms with E-state index in [4.69, 9.17) is 10.5 Å². The third kappa shape index (κ3) is 2.64. The van der Waals surface area contributed by atoms with Crippen molar-refractivity contribution >= 4 is 21.6 Å². The van der Waals surface area contributed by atoms with Crippen LogP contribution in [-0.2, 0) is 0 Å². The normalized spacial score (nSPS) is 15.5. The summed E-state index contributed by atoms with van der Waals surface area (Å²) in [7, 11) is 0. The molecule has 2 rings (SSSR count). The van der Waals surface area contributed by atoms with Crippen molar-refractivity contribution in [2.45, 2.75) is 19.3 Å². The summed E-state index contributed by atoms with van der Waals surface area (Å²) in [6.45, 7) is 0.813. The molecule has 3 heteroatoms. The molecule has 1 aromatic carbocycles. The maximum absolute atomic E-state index is 5.64. The van der Waals surface area contributed by atoms with Crippen molar-refractivity contribution in [2.24, 2.45) is 5.92 Å². The lowest BCUT2D eigenvalue weighted by Gasteiger charge is -2.07. The second-order valence-electron chi connectivity index (χ2n) is 3.77. The molecule has 1 aliphatic rings. The molecule has 0 aliphatic heterocycles. The van der Waals surface area contributed by atoms with Crippen LogP contribution in [0, 0.1) is 5.92 Å². The van der Waals surface area contributed by atoms with Gasteiger partial charge in [-0.1, -0.05) is 12.8 Å². The zero-order valence-corrected chi connectivity index (χ0v) is 9.59. The summed E-state index contributed by atoms with van der Waals surface area (Å²) in [5, 5.41) is 0. The van der Waals surface area contributed by atoms with E-state index in [1.165, 1.54) is 19.3 Å². The van der Waals surface area contributed by atoms with Gasteiger partial charge in [0.25, 0.3) is 0 Å². The fraction of sp³-hybridized carbons (Fsp3) is 0.455. The maximum Gasteiger partial charge on any atom is 0.133 e. The number of nitrogen functional groups attached to an aromatic ring is 1. The smallest absolute Gasteiger partial charge is 0.133 e. The molecule has 2 nitrogen and oxygen atoms in total. The SMILES string of the molecule is Nc1ccc(OCCC2CC2)c(Br)c1. The van der Waals surface area contributed by atoms with Crippen molar-refractivity contribution in [3.63, 3.8) is 0 Å². The van der Waals surface area contributed by atoms with E-state index in [9.17, 15) is 0 Å². The van der Waals surface area contributed by atoms with Crippen molar-refractivity contribution in [2.75, 3.05) is 12.3 Å². The molecule has 1 aliphatic carbocycles. The van der Waals surface area contributed by atoms with E-state index in [1.807, 2.05) is 18.2 Å². The minimum Gasteiger partial charge on any atom is -0.492 e. The van der Waals surface area contributed by atoms with E-state index in [2.05, 4.69) is 15.9 Å². The molecule has 0 radical (unpaired) electrons. The van der Waals surface area contributed by atoms with Gasteiger partial charge in [-0.3, -0.25) is 0 Å². The molecule has 1 fully saturated rings. The molecule has 76 valence electrons. The van der Waals surface area contributed by atoms with E-state index < -0.39 is 0 Å². The molecular formula is C11H14BrNO. The lowest BCUT2D eigenvalue weighted by atomic mass is 10.3. The first-order valence-electron chi connectivity index (χ1n) is 4.93. The lowest BCUT2D eigenvalue weighted by Crippen LogP contribution is -1.99. The van der Waals surface area contributed by atoms with Gasteiger partial charge in [0.05, 0.1) is 11.1 Å². The Morgan fingerprint density at radius 2 is 2.21 bits per heavy atom. The molecule has 1 aromatic rings. The third-order valence-electron chi connectivity index (χ3n) is 2.44. The lowest BCUT2D eigenvalue weighted by molar-refractivity contribution is 0.301. The number of hydrogen-bond acceptors (Lipinski definition) is 2. The van der Waals surface area contributed by atoms with Gasteiger partial charge in [0.15, 0.2) is 0 Å². The van der Waals surface area contributed by atoms with Crippen molar-refractivity contribution in [3.05, 3.63) is 22.7 Å². The molecule has 0 bridgehead atoms. The highest BCUT2D eigenvalue weighted by Gasteiger charge is 2.20. The predicted octanol–water partition coefficient (Wildman–Crippen LogP) is 3.21. The summed E-state index contributed by atoms with van der Waals surface area (Å²) in [5.74, 6) is 1.81. The monoisotopic (exact) mass is 255 g/mol. The Morgan fingerprint density at radius 1 is 1.43 bits per heavy atom. The second-order valence-corrected chi connectivity index (χ2v) is 4.62. The zero-order chi connectivity index (χ0) is 9.97. The standard InChI is InChI=1S/C11H14BrNO/c12-10-7-9(13)3-4-11(10)14-6-5-8-1-2-8/h3-4,7-8H,1-2,5-6,13H2. The zero-order valence-electron chi connectivity index (χ0n) is 8.00. The van der Waals surface area contributed by atoms with Crippen LogP contribution in [0.5, 0.6) is 5.75 Å². The van der Waals surface area contributed by atoms with Gasteiger partial charge in [0, 0.05) is 5.69 Å². The third-order valence-corrected chi connectivity index (χ3v) is 3.06. The van der Waals surface area contributed by atoms with Gasteiger partial charge in [-0.05, 0) is 46.5 Å². The number of halogens is 1. The van der Waals surface area contributed by atoms with Crippen LogP contribution < -0.4 is 10.5 Å². The topological polar surface area (TPSA) is 35.2 Å².